The second-order valence-corrected chi connectivity index (χ2v) is 15.7. The molecule has 7 aromatic carbocycles. The summed E-state index contributed by atoms with van der Waals surface area (Å²) in [6.45, 7) is 9.13. The molecule has 0 saturated heterocycles. The summed E-state index contributed by atoms with van der Waals surface area (Å²) in [4.78, 5) is 9.98. The van der Waals surface area contributed by atoms with Crippen molar-refractivity contribution < 1.29 is 25.8 Å². The number of para-hydroxylation sites is 3. The van der Waals surface area contributed by atoms with E-state index in [0.29, 0.717) is 11.5 Å². The number of pyridine rings is 1. The molecule has 6 heteroatoms. The SMILES string of the molecule is CC(C)c1cc(-c2ccc(-c3ccccc3)cc2)cc(C(C)C)c1-n1c(-c2[c-]c(Oc3[c-]c4c(cc3)c3ccccc3n4-c3ccccn3)ccc2)nc2ccccc21.[Pt+2]. The third-order valence-corrected chi connectivity index (χ3v) is 11.2. The van der Waals surface area contributed by atoms with Crippen molar-refractivity contribution in [1.29, 1.82) is 0 Å². The summed E-state index contributed by atoms with van der Waals surface area (Å²) in [5.74, 6) is 3.30. The van der Waals surface area contributed by atoms with Gasteiger partial charge >= 0.3 is 21.1 Å². The van der Waals surface area contributed by atoms with Crippen LogP contribution < -0.4 is 4.74 Å². The fourth-order valence-electron chi connectivity index (χ4n) is 8.32. The minimum atomic E-state index is 0. The zero-order valence-electron chi connectivity index (χ0n) is 33.8. The maximum Gasteiger partial charge on any atom is 2.00 e. The van der Waals surface area contributed by atoms with Crippen LogP contribution in [-0.4, -0.2) is 19.1 Å². The summed E-state index contributed by atoms with van der Waals surface area (Å²) in [5, 5.41) is 2.22. The fraction of sp³-hybridized carbons (Fsp3) is 0.111. The standard InChI is InChI=1S/C54H42N4O.Pt/c1-35(2)46-32-41(39-26-24-38(25-27-39)37-15-6-5-7-16-37)33-47(36(3)4)53(46)58-50-22-11-9-20-48(50)56-54(58)40-17-14-18-42(31-40)59-43-28-29-45-44-19-8-10-21-49(44)57(51(45)34-43)52-23-12-13-30-55-52;/h5-30,32-33,35-36H,1-4H3;/q-2;+2. The zero-order chi connectivity index (χ0) is 40.0. The summed E-state index contributed by atoms with van der Waals surface area (Å²) >= 11 is 0. The second-order valence-electron chi connectivity index (χ2n) is 15.7. The number of rotatable bonds is 9. The van der Waals surface area contributed by atoms with Crippen molar-refractivity contribution in [2.24, 2.45) is 0 Å². The number of imidazole rings is 1. The Balaban J connectivity index is 0.00000462. The van der Waals surface area contributed by atoms with E-state index in [-0.39, 0.29) is 32.9 Å². The van der Waals surface area contributed by atoms with Crippen LogP contribution in [0.25, 0.3) is 78.0 Å². The van der Waals surface area contributed by atoms with Crippen LogP contribution in [0.15, 0.2) is 170 Å². The molecular formula is C54H42N4OPt. The maximum absolute atomic E-state index is 6.60. The Kier molecular flexibility index (Phi) is 10.5. The normalized spacial score (nSPS) is 11.5. The van der Waals surface area contributed by atoms with Gasteiger partial charge in [0.1, 0.15) is 5.82 Å². The number of benzene rings is 7. The van der Waals surface area contributed by atoms with Crippen LogP contribution in [0.5, 0.6) is 11.5 Å². The third-order valence-electron chi connectivity index (χ3n) is 11.2. The first kappa shape index (κ1) is 38.9. The molecule has 0 spiro atoms. The van der Waals surface area contributed by atoms with Gasteiger partial charge in [-0.15, -0.1) is 41.3 Å². The molecule has 0 aliphatic rings. The molecule has 0 saturated carbocycles. The molecule has 0 aliphatic carbocycles. The van der Waals surface area contributed by atoms with Crippen molar-refractivity contribution in [2.45, 2.75) is 39.5 Å². The van der Waals surface area contributed by atoms with E-state index in [1.807, 2.05) is 42.6 Å². The molecule has 0 atom stereocenters. The van der Waals surface area contributed by atoms with E-state index >= 15 is 0 Å². The largest absolute Gasteiger partial charge is 2.00 e. The third kappa shape index (κ3) is 7.03. The van der Waals surface area contributed by atoms with Crippen molar-refractivity contribution >= 4 is 32.8 Å². The molecule has 3 heterocycles. The topological polar surface area (TPSA) is 44.9 Å². The Morgan fingerprint density at radius 3 is 1.87 bits per heavy atom. The van der Waals surface area contributed by atoms with Gasteiger partial charge in [-0.25, -0.2) is 4.98 Å². The quantitative estimate of drug-likeness (QED) is 0.135. The van der Waals surface area contributed by atoms with E-state index in [4.69, 9.17) is 9.72 Å². The number of aromatic nitrogens is 4. The Bertz CT molecular complexity index is 3100. The van der Waals surface area contributed by atoms with Crippen molar-refractivity contribution in [3.8, 4) is 56.6 Å². The van der Waals surface area contributed by atoms with Crippen LogP contribution in [0, 0.1) is 12.1 Å². The van der Waals surface area contributed by atoms with E-state index in [1.165, 1.54) is 39.1 Å². The Morgan fingerprint density at radius 1 is 0.517 bits per heavy atom. The van der Waals surface area contributed by atoms with E-state index in [0.717, 1.165) is 50.0 Å². The summed E-state index contributed by atoms with van der Waals surface area (Å²) in [6.07, 6.45) is 1.82. The average molecular weight is 958 g/mol. The smallest absolute Gasteiger partial charge is 0.503 e. The van der Waals surface area contributed by atoms with E-state index < -0.39 is 0 Å². The number of ether oxygens (including phenoxy) is 1. The molecule has 0 radical (unpaired) electrons. The molecule has 60 heavy (non-hydrogen) atoms. The van der Waals surface area contributed by atoms with Crippen LogP contribution in [0.1, 0.15) is 50.7 Å². The minimum absolute atomic E-state index is 0. The van der Waals surface area contributed by atoms with Crippen LogP contribution in [-0.2, 0) is 21.1 Å². The first-order valence-corrected chi connectivity index (χ1v) is 20.3. The fourth-order valence-corrected chi connectivity index (χ4v) is 8.32. The molecule has 3 aromatic heterocycles. The molecule has 0 unspecified atom stereocenters. The van der Waals surface area contributed by atoms with Gasteiger partial charge in [0.05, 0.1) is 16.9 Å². The monoisotopic (exact) mass is 957 g/mol. The first-order valence-electron chi connectivity index (χ1n) is 20.3. The molecule has 294 valence electrons. The van der Waals surface area contributed by atoms with Crippen molar-refractivity contribution in [1.82, 2.24) is 19.1 Å². The number of hydrogen-bond donors (Lipinski definition) is 0. The van der Waals surface area contributed by atoms with Gasteiger partial charge in [-0.2, -0.15) is 6.07 Å². The molecule has 0 fully saturated rings. The van der Waals surface area contributed by atoms with Crippen molar-refractivity contribution in [2.75, 3.05) is 0 Å². The summed E-state index contributed by atoms with van der Waals surface area (Å²) in [6, 6.07) is 64.3. The molecule has 10 aromatic rings. The van der Waals surface area contributed by atoms with Gasteiger partial charge < -0.3 is 13.9 Å². The molecule has 0 aliphatic heterocycles. The minimum Gasteiger partial charge on any atom is -0.503 e. The number of fused-ring (bicyclic) bond motifs is 4. The van der Waals surface area contributed by atoms with Gasteiger partial charge in [-0.3, -0.25) is 4.98 Å². The number of hydrogen-bond acceptors (Lipinski definition) is 3. The van der Waals surface area contributed by atoms with Gasteiger partial charge in [0, 0.05) is 28.9 Å². The molecule has 0 amide bonds. The summed E-state index contributed by atoms with van der Waals surface area (Å²) in [7, 11) is 0. The van der Waals surface area contributed by atoms with Crippen molar-refractivity contribution in [3.05, 3.63) is 193 Å². The molecule has 0 N–H and O–H groups in total. The Labute approximate surface area is 365 Å². The van der Waals surface area contributed by atoms with Gasteiger partial charge in [0.2, 0.25) is 0 Å². The van der Waals surface area contributed by atoms with Gasteiger partial charge in [0.15, 0.2) is 0 Å². The Hall–Kier alpha value is -6.55. The molecule has 0 bridgehead atoms. The molecular weight excluding hydrogens is 916 g/mol. The zero-order valence-corrected chi connectivity index (χ0v) is 36.1. The molecule has 10 rings (SSSR count). The van der Waals surface area contributed by atoms with Crippen LogP contribution in [0.2, 0.25) is 0 Å². The van der Waals surface area contributed by atoms with E-state index in [2.05, 4.69) is 181 Å². The van der Waals surface area contributed by atoms with E-state index in [1.54, 1.807) is 0 Å². The average Bonchev–Trinajstić information content (AvgIpc) is 3.82. The van der Waals surface area contributed by atoms with Crippen molar-refractivity contribution in [3.63, 3.8) is 0 Å². The predicted octanol–water partition coefficient (Wildman–Crippen LogP) is 14.2. The van der Waals surface area contributed by atoms with Gasteiger partial charge in [-0.1, -0.05) is 130 Å². The maximum atomic E-state index is 6.60. The van der Waals surface area contributed by atoms with Gasteiger partial charge in [0.25, 0.3) is 0 Å². The van der Waals surface area contributed by atoms with Crippen LogP contribution >= 0.6 is 0 Å². The van der Waals surface area contributed by atoms with Crippen LogP contribution in [0.4, 0.5) is 0 Å². The second kappa shape index (κ2) is 16.2. The Morgan fingerprint density at radius 2 is 1.15 bits per heavy atom. The summed E-state index contributed by atoms with van der Waals surface area (Å²) < 4.78 is 11.1. The summed E-state index contributed by atoms with van der Waals surface area (Å²) in [5.41, 5.74) is 13.3. The van der Waals surface area contributed by atoms with E-state index in [9.17, 15) is 0 Å². The number of nitrogens with zero attached hydrogens (tertiary/aromatic N) is 4. The van der Waals surface area contributed by atoms with Crippen LogP contribution in [0.3, 0.4) is 0 Å². The molecule has 5 nitrogen and oxygen atoms in total. The van der Waals surface area contributed by atoms with Gasteiger partial charge in [-0.05, 0) is 93.1 Å². The predicted molar refractivity (Wildman–Crippen MR) is 242 cm³/mol. The first-order chi connectivity index (χ1) is 28.9.